The molecule has 0 fully saturated rings. The quantitative estimate of drug-likeness (QED) is 0.272. The van der Waals surface area contributed by atoms with Crippen molar-refractivity contribution in [1.82, 2.24) is 0 Å². The van der Waals surface area contributed by atoms with E-state index in [9.17, 15) is 9.36 Å². The topological polar surface area (TPSA) is 165 Å². The maximum atomic E-state index is 10.7. The summed E-state index contributed by atoms with van der Waals surface area (Å²) in [5.74, 6) is -1.80. The van der Waals surface area contributed by atoms with E-state index in [1.807, 2.05) is 0 Å². The third kappa shape index (κ3) is 5.19. The van der Waals surface area contributed by atoms with Crippen LogP contribution in [0.3, 0.4) is 0 Å². The van der Waals surface area contributed by atoms with Gasteiger partial charge in [0.25, 0.3) is 0 Å². The van der Waals surface area contributed by atoms with Crippen LogP contribution in [-0.2, 0) is 13.9 Å². The Morgan fingerprint density at radius 1 is 1.27 bits per heavy atom. The molecule has 10 heteroatoms. The monoisotopic (exact) mass is 246 g/mol. The number of hydrogen-bond donors (Lipinski definition) is 6. The number of rotatable bonds is 5. The summed E-state index contributed by atoms with van der Waals surface area (Å²) in [6.07, 6.45) is -6.29. The molecule has 0 aromatic heterocycles. The highest BCUT2D eigenvalue weighted by Gasteiger charge is 2.34. The van der Waals surface area contributed by atoms with Gasteiger partial charge in [-0.1, -0.05) is 0 Å². The van der Waals surface area contributed by atoms with Gasteiger partial charge < -0.3 is 24.9 Å². The average Bonchev–Trinajstić information content (AvgIpc) is 2.11. The molecule has 0 rings (SSSR count). The number of phosphoric ester groups is 1. The first-order valence-corrected chi connectivity index (χ1v) is 5.16. The summed E-state index contributed by atoms with van der Waals surface area (Å²) < 4.78 is 13.6. The fourth-order valence-electron chi connectivity index (χ4n) is 0.629. The number of aliphatic hydroxyl groups excluding tert-OH is 4. The van der Waals surface area contributed by atoms with E-state index in [-0.39, 0.29) is 0 Å². The second-order valence-electron chi connectivity index (χ2n) is 2.59. The summed E-state index contributed by atoms with van der Waals surface area (Å²) in [7, 11) is -5.12. The standard InChI is InChI=1S/C5H11O9P/c6-1-2(7)3(8)4(9)5(10)14-15(11,12)13/h2-4,6-9H,1H2,(H2,11,12,13)/t2-,3-,4-/m0/s1. The molecule has 90 valence electrons. The second kappa shape index (κ2) is 5.52. The molecule has 0 aliphatic carbocycles. The van der Waals surface area contributed by atoms with Crippen LogP contribution in [0.4, 0.5) is 0 Å². The molecule has 0 aromatic carbocycles. The van der Waals surface area contributed by atoms with E-state index >= 15 is 0 Å². The third-order valence-corrected chi connectivity index (χ3v) is 1.77. The Kier molecular flexibility index (Phi) is 5.32. The van der Waals surface area contributed by atoms with Gasteiger partial charge in [0.1, 0.15) is 12.2 Å². The SMILES string of the molecule is O=C(OP(=O)(O)O)[C@@H](O)[C@@H](O)[C@@H](O)CO. The molecular weight excluding hydrogens is 235 g/mol. The molecule has 15 heavy (non-hydrogen) atoms. The van der Waals surface area contributed by atoms with Gasteiger partial charge in [0, 0.05) is 0 Å². The predicted octanol–water partition coefficient (Wildman–Crippen LogP) is -3.30. The minimum atomic E-state index is -5.12. The minimum absolute atomic E-state index is 0.943. The van der Waals surface area contributed by atoms with Gasteiger partial charge >= 0.3 is 13.8 Å². The van der Waals surface area contributed by atoms with E-state index in [0.29, 0.717) is 0 Å². The van der Waals surface area contributed by atoms with Crippen molar-refractivity contribution in [2.45, 2.75) is 18.3 Å². The van der Waals surface area contributed by atoms with Crippen molar-refractivity contribution in [3.8, 4) is 0 Å². The maximum Gasteiger partial charge on any atom is 0.527 e. The highest BCUT2D eigenvalue weighted by atomic mass is 31.2. The summed E-state index contributed by atoms with van der Waals surface area (Å²) in [6.45, 7) is -0.943. The third-order valence-electron chi connectivity index (χ3n) is 1.36. The van der Waals surface area contributed by atoms with Gasteiger partial charge in [-0.05, 0) is 0 Å². The molecule has 0 aliphatic heterocycles. The fourth-order valence-corrected chi connectivity index (χ4v) is 0.971. The van der Waals surface area contributed by atoms with Gasteiger partial charge in [0.2, 0.25) is 0 Å². The van der Waals surface area contributed by atoms with Crippen LogP contribution in [0.5, 0.6) is 0 Å². The molecule has 0 heterocycles. The van der Waals surface area contributed by atoms with E-state index in [0.717, 1.165) is 0 Å². The van der Waals surface area contributed by atoms with Gasteiger partial charge in [-0.2, -0.15) is 0 Å². The zero-order valence-corrected chi connectivity index (χ0v) is 8.19. The number of phosphoric acid groups is 1. The molecule has 0 saturated carbocycles. The van der Waals surface area contributed by atoms with E-state index in [1.54, 1.807) is 0 Å². The molecule has 9 nitrogen and oxygen atoms in total. The molecular formula is C5H11O9P. The lowest BCUT2D eigenvalue weighted by Crippen LogP contribution is -2.44. The second-order valence-corrected chi connectivity index (χ2v) is 3.75. The maximum absolute atomic E-state index is 10.7. The van der Waals surface area contributed by atoms with Crippen molar-refractivity contribution in [3.05, 3.63) is 0 Å². The average molecular weight is 246 g/mol. The van der Waals surface area contributed by atoms with E-state index in [2.05, 4.69) is 4.52 Å². The lowest BCUT2D eigenvalue weighted by Gasteiger charge is -2.19. The van der Waals surface area contributed by atoms with Crippen LogP contribution in [0.25, 0.3) is 0 Å². The number of hydrogen-bond acceptors (Lipinski definition) is 7. The van der Waals surface area contributed by atoms with E-state index in [1.165, 1.54) is 0 Å². The highest BCUT2D eigenvalue weighted by molar-refractivity contribution is 7.46. The number of carbonyl (C=O) groups is 1. The zero-order valence-electron chi connectivity index (χ0n) is 7.29. The first kappa shape index (κ1) is 14.5. The lowest BCUT2D eigenvalue weighted by molar-refractivity contribution is -0.157. The van der Waals surface area contributed by atoms with Crippen molar-refractivity contribution in [1.29, 1.82) is 0 Å². The summed E-state index contributed by atoms with van der Waals surface area (Å²) in [6, 6.07) is 0. The van der Waals surface area contributed by atoms with Crippen molar-refractivity contribution >= 4 is 13.8 Å². The molecule has 0 bridgehead atoms. The van der Waals surface area contributed by atoms with Crippen LogP contribution in [0.15, 0.2) is 0 Å². The normalized spacial score (nSPS) is 18.0. The van der Waals surface area contributed by atoms with Crippen molar-refractivity contribution < 1.29 is 44.1 Å². The van der Waals surface area contributed by atoms with Crippen molar-refractivity contribution in [2.24, 2.45) is 0 Å². The summed E-state index contributed by atoms with van der Waals surface area (Å²) in [5, 5.41) is 35.0. The van der Waals surface area contributed by atoms with Gasteiger partial charge in [-0.25, -0.2) is 9.36 Å². The molecule has 0 amide bonds. The van der Waals surface area contributed by atoms with Gasteiger partial charge in [-0.3, -0.25) is 9.79 Å². The van der Waals surface area contributed by atoms with Crippen molar-refractivity contribution in [3.63, 3.8) is 0 Å². The summed E-state index contributed by atoms with van der Waals surface area (Å²) in [5.41, 5.74) is 0. The highest BCUT2D eigenvalue weighted by Crippen LogP contribution is 2.36. The Morgan fingerprint density at radius 2 is 1.73 bits per heavy atom. The van der Waals surface area contributed by atoms with Crippen LogP contribution < -0.4 is 0 Å². The van der Waals surface area contributed by atoms with E-state index in [4.69, 9.17) is 30.2 Å². The molecule has 6 N–H and O–H groups in total. The van der Waals surface area contributed by atoms with E-state index < -0.39 is 38.7 Å². The molecule has 0 radical (unpaired) electrons. The van der Waals surface area contributed by atoms with Crippen LogP contribution in [0.1, 0.15) is 0 Å². The zero-order chi connectivity index (χ0) is 12.2. The van der Waals surface area contributed by atoms with Crippen LogP contribution in [0.2, 0.25) is 0 Å². The Hall–Kier alpha value is -0.540. The van der Waals surface area contributed by atoms with Gasteiger partial charge in [0.05, 0.1) is 6.61 Å². The fraction of sp³-hybridized carbons (Fsp3) is 0.800. The summed E-state index contributed by atoms with van der Waals surface area (Å²) >= 11 is 0. The number of carbonyl (C=O) groups excluding carboxylic acids is 1. The lowest BCUT2D eigenvalue weighted by atomic mass is 10.1. The molecule has 0 saturated heterocycles. The van der Waals surface area contributed by atoms with Crippen LogP contribution in [0, 0.1) is 0 Å². The van der Waals surface area contributed by atoms with Gasteiger partial charge in [-0.15, -0.1) is 0 Å². The molecule has 3 atom stereocenters. The Balaban J connectivity index is 4.38. The molecule has 0 spiro atoms. The molecule has 0 unspecified atom stereocenters. The smallest absolute Gasteiger partial charge is 0.394 e. The summed E-state index contributed by atoms with van der Waals surface area (Å²) in [4.78, 5) is 27.1. The largest absolute Gasteiger partial charge is 0.527 e. The van der Waals surface area contributed by atoms with Crippen molar-refractivity contribution in [2.75, 3.05) is 6.61 Å². The number of aliphatic hydroxyl groups is 4. The Labute approximate surface area is 83.8 Å². The van der Waals surface area contributed by atoms with Gasteiger partial charge in [0.15, 0.2) is 6.10 Å². The molecule has 0 aromatic rings. The molecule has 0 aliphatic rings. The van der Waals surface area contributed by atoms with Crippen LogP contribution >= 0.6 is 7.82 Å². The first-order chi connectivity index (χ1) is 6.69. The van der Waals surface area contributed by atoms with Crippen LogP contribution in [-0.4, -0.2) is 61.1 Å². The Bertz CT molecular complexity index is 259. The first-order valence-electron chi connectivity index (χ1n) is 3.63. The predicted molar refractivity (Wildman–Crippen MR) is 43.2 cm³/mol. The minimum Gasteiger partial charge on any atom is -0.394 e. The Morgan fingerprint density at radius 3 is 2.07 bits per heavy atom.